The lowest BCUT2D eigenvalue weighted by atomic mass is 9.83. The second kappa shape index (κ2) is 7.98. The van der Waals surface area contributed by atoms with Crippen LogP contribution in [-0.2, 0) is 4.79 Å². The molecule has 6 heteroatoms. The van der Waals surface area contributed by atoms with Gasteiger partial charge in [0.25, 0.3) is 5.91 Å². The molecule has 0 bridgehead atoms. The number of hydrogen-bond donors (Lipinski definition) is 3. The monoisotopic (exact) mass is 341 g/mol. The van der Waals surface area contributed by atoms with Crippen molar-refractivity contribution in [3.05, 3.63) is 48.4 Å². The summed E-state index contributed by atoms with van der Waals surface area (Å²) < 4.78 is 5.05. The molecule has 1 saturated carbocycles. The highest BCUT2D eigenvalue weighted by Crippen LogP contribution is 2.26. The van der Waals surface area contributed by atoms with E-state index in [2.05, 4.69) is 10.6 Å². The molecular formula is C19H23N3O3. The zero-order valence-corrected chi connectivity index (χ0v) is 14.0. The van der Waals surface area contributed by atoms with Crippen molar-refractivity contribution in [3.8, 4) is 0 Å². The van der Waals surface area contributed by atoms with E-state index in [0.717, 1.165) is 25.7 Å². The van der Waals surface area contributed by atoms with E-state index in [9.17, 15) is 9.59 Å². The highest BCUT2D eigenvalue weighted by atomic mass is 16.3. The predicted octanol–water partition coefficient (Wildman–Crippen LogP) is 3.38. The van der Waals surface area contributed by atoms with Crippen molar-refractivity contribution in [3.63, 3.8) is 0 Å². The van der Waals surface area contributed by atoms with Gasteiger partial charge in [0.15, 0.2) is 5.76 Å². The van der Waals surface area contributed by atoms with Gasteiger partial charge in [-0.2, -0.15) is 0 Å². The van der Waals surface area contributed by atoms with Crippen molar-refractivity contribution in [1.29, 1.82) is 0 Å². The molecule has 2 amide bonds. The molecule has 2 atom stereocenters. The minimum Gasteiger partial charge on any atom is -0.459 e. The largest absolute Gasteiger partial charge is 0.459 e. The van der Waals surface area contributed by atoms with Gasteiger partial charge in [-0.25, -0.2) is 0 Å². The molecule has 6 nitrogen and oxygen atoms in total. The molecule has 25 heavy (non-hydrogen) atoms. The van der Waals surface area contributed by atoms with Crippen LogP contribution in [0.3, 0.4) is 0 Å². The summed E-state index contributed by atoms with van der Waals surface area (Å²) in [5.41, 5.74) is 7.43. The molecule has 4 N–H and O–H groups in total. The van der Waals surface area contributed by atoms with Crippen LogP contribution in [0.2, 0.25) is 0 Å². The van der Waals surface area contributed by atoms with E-state index in [1.807, 2.05) is 0 Å². The highest BCUT2D eigenvalue weighted by Gasteiger charge is 2.24. The Morgan fingerprint density at radius 1 is 1.04 bits per heavy atom. The Morgan fingerprint density at radius 2 is 1.72 bits per heavy atom. The molecule has 2 unspecified atom stereocenters. The third-order valence-electron chi connectivity index (χ3n) is 4.59. The summed E-state index contributed by atoms with van der Waals surface area (Å²) in [6.07, 6.45) is 6.23. The predicted molar refractivity (Wildman–Crippen MR) is 96.3 cm³/mol. The summed E-state index contributed by atoms with van der Waals surface area (Å²) in [6.45, 7) is 0. The third kappa shape index (κ3) is 4.70. The molecule has 0 radical (unpaired) electrons. The molecule has 1 aliphatic rings. The quantitative estimate of drug-likeness (QED) is 0.776. The van der Waals surface area contributed by atoms with E-state index >= 15 is 0 Å². The maximum absolute atomic E-state index is 12.2. The third-order valence-corrected chi connectivity index (χ3v) is 4.59. The lowest BCUT2D eigenvalue weighted by molar-refractivity contribution is -0.117. The maximum atomic E-state index is 12.2. The van der Waals surface area contributed by atoms with E-state index < -0.39 is 0 Å². The first-order chi connectivity index (χ1) is 12.1. The number of rotatable bonds is 5. The Bertz CT molecular complexity index is 710. The molecule has 1 aromatic heterocycles. The Labute approximate surface area is 146 Å². The van der Waals surface area contributed by atoms with Crippen LogP contribution in [0, 0.1) is 5.92 Å². The molecular weight excluding hydrogens is 318 g/mol. The zero-order valence-electron chi connectivity index (χ0n) is 14.0. The van der Waals surface area contributed by atoms with E-state index in [4.69, 9.17) is 10.2 Å². The molecule has 0 spiro atoms. The van der Waals surface area contributed by atoms with Gasteiger partial charge in [0, 0.05) is 23.8 Å². The van der Waals surface area contributed by atoms with Gasteiger partial charge in [0.05, 0.1) is 6.26 Å². The van der Waals surface area contributed by atoms with Crippen molar-refractivity contribution in [2.24, 2.45) is 11.7 Å². The Balaban J connectivity index is 1.51. The Hall–Kier alpha value is -2.60. The van der Waals surface area contributed by atoms with Gasteiger partial charge in [-0.05, 0) is 55.2 Å². The standard InChI is InChI=1S/C19H23N3O3/c20-16-5-2-1-4-13(16)12-18(23)21-14-7-9-15(10-8-14)22-19(24)17-6-3-11-25-17/h3,6-11,13,16H,1-2,4-5,12,20H2,(H,21,23)(H,22,24). The molecule has 1 heterocycles. The summed E-state index contributed by atoms with van der Waals surface area (Å²) in [5, 5.41) is 5.63. The SMILES string of the molecule is NC1CCCCC1CC(=O)Nc1ccc(NC(=O)c2ccco2)cc1. The van der Waals surface area contributed by atoms with Crippen LogP contribution < -0.4 is 16.4 Å². The molecule has 1 aromatic carbocycles. The second-order valence-corrected chi connectivity index (χ2v) is 6.47. The Kier molecular flexibility index (Phi) is 5.50. The topological polar surface area (TPSA) is 97.4 Å². The van der Waals surface area contributed by atoms with E-state index in [1.165, 1.54) is 6.26 Å². The number of nitrogens with one attached hydrogen (secondary N) is 2. The smallest absolute Gasteiger partial charge is 0.291 e. The summed E-state index contributed by atoms with van der Waals surface area (Å²) in [4.78, 5) is 24.1. The fraction of sp³-hybridized carbons (Fsp3) is 0.368. The summed E-state index contributed by atoms with van der Waals surface area (Å²) in [5.74, 6) is 0.185. The van der Waals surface area contributed by atoms with E-state index in [1.54, 1.807) is 36.4 Å². The van der Waals surface area contributed by atoms with E-state index in [0.29, 0.717) is 17.8 Å². The van der Waals surface area contributed by atoms with Gasteiger partial charge in [0.1, 0.15) is 0 Å². The Morgan fingerprint density at radius 3 is 2.36 bits per heavy atom. The van der Waals surface area contributed by atoms with Gasteiger partial charge >= 0.3 is 0 Å². The maximum Gasteiger partial charge on any atom is 0.291 e. The van der Waals surface area contributed by atoms with E-state index in [-0.39, 0.29) is 29.5 Å². The molecule has 0 aliphatic heterocycles. The lowest BCUT2D eigenvalue weighted by Gasteiger charge is -2.27. The van der Waals surface area contributed by atoms with Gasteiger partial charge in [-0.3, -0.25) is 9.59 Å². The molecule has 132 valence electrons. The van der Waals surface area contributed by atoms with Gasteiger partial charge in [-0.15, -0.1) is 0 Å². The number of carbonyl (C=O) groups excluding carboxylic acids is 2. The van der Waals surface area contributed by atoms with Crippen LogP contribution in [-0.4, -0.2) is 17.9 Å². The van der Waals surface area contributed by atoms with Crippen molar-refractivity contribution in [2.75, 3.05) is 10.6 Å². The number of anilines is 2. The summed E-state index contributed by atoms with van der Waals surface area (Å²) in [7, 11) is 0. The van der Waals surface area contributed by atoms with Crippen LogP contribution >= 0.6 is 0 Å². The fourth-order valence-electron chi connectivity index (χ4n) is 3.18. The van der Waals surface area contributed by atoms with Crippen LogP contribution in [0.5, 0.6) is 0 Å². The van der Waals surface area contributed by atoms with Crippen molar-refractivity contribution in [2.45, 2.75) is 38.1 Å². The normalized spacial score (nSPS) is 20.0. The van der Waals surface area contributed by atoms with Crippen LogP contribution in [0.15, 0.2) is 47.1 Å². The van der Waals surface area contributed by atoms with Crippen molar-refractivity contribution < 1.29 is 14.0 Å². The minimum atomic E-state index is -0.312. The van der Waals surface area contributed by atoms with Crippen LogP contribution in [0.4, 0.5) is 11.4 Å². The van der Waals surface area contributed by atoms with Gasteiger partial charge in [0.2, 0.25) is 5.91 Å². The minimum absolute atomic E-state index is 0.0188. The van der Waals surface area contributed by atoms with Crippen molar-refractivity contribution >= 4 is 23.2 Å². The molecule has 2 aromatic rings. The zero-order chi connectivity index (χ0) is 17.6. The van der Waals surface area contributed by atoms with Crippen LogP contribution in [0.1, 0.15) is 42.7 Å². The first-order valence-electron chi connectivity index (χ1n) is 8.62. The molecule has 1 fully saturated rings. The number of nitrogens with two attached hydrogens (primary N) is 1. The van der Waals surface area contributed by atoms with Crippen LogP contribution in [0.25, 0.3) is 0 Å². The molecule has 3 rings (SSSR count). The fourth-order valence-corrected chi connectivity index (χ4v) is 3.18. The molecule has 0 saturated heterocycles. The molecule has 1 aliphatic carbocycles. The number of hydrogen-bond acceptors (Lipinski definition) is 4. The number of furan rings is 1. The second-order valence-electron chi connectivity index (χ2n) is 6.47. The summed E-state index contributed by atoms with van der Waals surface area (Å²) >= 11 is 0. The van der Waals surface area contributed by atoms with Crippen molar-refractivity contribution in [1.82, 2.24) is 0 Å². The number of amides is 2. The number of carbonyl (C=O) groups is 2. The average Bonchev–Trinajstić information content (AvgIpc) is 3.13. The average molecular weight is 341 g/mol. The lowest BCUT2D eigenvalue weighted by Crippen LogP contribution is -2.35. The first-order valence-corrected chi connectivity index (χ1v) is 8.62. The summed E-state index contributed by atoms with van der Waals surface area (Å²) in [6, 6.07) is 10.4. The first kappa shape index (κ1) is 17.2. The highest BCUT2D eigenvalue weighted by molar-refractivity contribution is 6.02. The number of benzene rings is 1. The van der Waals surface area contributed by atoms with Gasteiger partial charge in [-0.1, -0.05) is 12.8 Å². The van der Waals surface area contributed by atoms with Gasteiger partial charge < -0.3 is 20.8 Å².